The minimum Gasteiger partial charge on any atom is -0.497 e. The summed E-state index contributed by atoms with van der Waals surface area (Å²) in [5, 5.41) is 6.82. The summed E-state index contributed by atoms with van der Waals surface area (Å²) >= 11 is 0. The second-order valence-corrected chi connectivity index (χ2v) is 8.88. The number of methoxy groups -OCH3 is 2. The van der Waals surface area contributed by atoms with Gasteiger partial charge in [0, 0.05) is 44.2 Å². The summed E-state index contributed by atoms with van der Waals surface area (Å²) in [7, 11) is 5.13. The Kier molecular flexibility index (Phi) is 9.63. The Hall–Kier alpha value is -2.01. The number of nitrogens with one attached hydrogen (secondary N) is 2. The van der Waals surface area contributed by atoms with Crippen LogP contribution in [-0.4, -0.2) is 56.2 Å². The number of aliphatic imine (C=N–C) groups is 1. The zero-order valence-corrected chi connectivity index (χ0v) is 22.2. The third-order valence-electron chi connectivity index (χ3n) is 5.35. The SMILES string of the molecule is CN=C(NCc1ncc(C(C)(C)C)o1)NC1CCN(Cc2cc(OC)cc(OC)c2)C1.I. The number of nitrogens with zero attached hydrogens (tertiary/aromatic N) is 3. The van der Waals surface area contributed by atoms with Gasteiger partial charge in [0.2, 0.25) is 5.89 Å². The quantitative estimate of drug-likeness (QED) is 0.306. The van der Waals surface area contributed by atoms with Crippen LogP contribution in [0.3, 0.4) is 0 Å². The first kappa shape index (κ1) is 26.2. The normalized spacial score (nSPS) is 17.1. The number of hydrogen-bond acceptors (Lipinski definition) is 6. The van der Waals surface area contributed by atoms with Crippen LogP contribution in [0.25, 0.3) is 0 Å². The highest BCUT2D eigenvalue weighted by Gasteiger charge is 2.24. The average molecular weight is 557 g/mol. The van der Waals surface area contributed by atoms with Gasteiger partial charge in [0.05, 0.1) is 27.0 Å². The van der Waals surface area contributed by atoms with Gasteiger partial charge < -0.3 is 24.5 Å². The molecule has 0 bridgehead atoms. The zero-order chi connectivity index (χ0) is 22.4. The van der Waals surface area contributed by atoms with Gasteiger partial charge in [0.15, 0.2) is 5.96 Å². The van der Waals surface area contributed by atoms with E-state index in [1.165, 1.54) is 5.56 Å². The molecule has 178 valence electrons. The van der Waals surface area contributed by atoms with Gasteiger partial charge in [-0.25, -0.2) is 4.98 Å². The van der Waals surface area contributed by atoms with Crippen molar-refractivity contribution < 1.29 is 13.9 Å². The van der Waals surface area contributed by atoms with Crippen LogP contribution in [0, 0.1) is 0 Å². The Balaban J connectivity index is 0.00000363. The van der Waals surface area contributed by atoms with Gasteiger partial charge in [-0.1, -0.05) is 20.8 Å². The molecule has 1 atom stereocenters. The molecule has 1 aromatic heterocycles. The van der Waals surface area contributed by atoms with E-state index in [1.807, 2.05) is 6.07 Å². The highest BCUT2D eigenvalue weighted by atomic mass is 127. The third-order valence-corrected chi connectivity index (χ3v) is 5.35. The molecule has 32 heavy (non-hydrogen) atoms. The van der Waals surface area contributed by atoms with Crippen molar-refractivity contribution in [3.8, 4) is 11.5 Å². The van der Waals surface area contributed by atoms with Crippen LogP contribution in [0.2, 0.25) is 0 Å². The number of rotatable bonds is 7. The van der Waals surface area contributed by atoms with Gasteiger partial charge >= 0.3 is 0 Å². The summed E-state index contributed by atoms with van der Waals surface area (Å²) in [6, 6.07) is 6.34. The number of oxazole rings is 1. The molecular weight excluding hydrogens is 521 g/mol. The molecule has 1 saturated heterocycles. The number of benzene rings is 1. The number of aromatic nitrogens is 1. The van der Waals surface area contributed by atoms with Crippen LogP contribution in [-0.2, 0) is 18.5 Å². The number of halogens is 1. The van der Waals surface area contributed by atoms with Crippen molar-refractivity contribution in [2.75, 3.05) is 34.4 Å². The van der Waals surface area contributed by atoms with Crippen molar-refractivity contribution >= 4 is 29.9 Å². The molecule has 0 amide bonds. The van der Waals surface area contributed by atoms with Crippen LogP contribution < -0.4 is 20.1 Å². The van der Waals surface area contributed by atoms with E-state index in [0.717, 1.165) is 49.3 Å². The van der Waals surface area contributed by atoms with Gasteiger partial charge in [0.25, 0.3) is 0 Å². The van der Waals surface area contributed by atoms with E-state index in [-0.39, 0.29) is 29.4 Å². The molecular formula is C23H36IN5O3. The number of guanidine groups is 1. The standard InChI is InChI=1S/C23H35N5O3.HI/c1-23(2,3)20-12-25-21(31-20)13-26-22(24-4)27-17-7-8-28(15-17)14-16-9-18(29-5)11-19(10-16)30-6;/h9-12,17H,7-8,13-15H2,1-6H3,(H2,24,26,27);1H. The summed E-state index contributed by atoms with van der Waals surface area (Å²) in [5.74, 6) is 3.93. The first-order valence-electron chi connectivity index (χ1n) is 10.7. The van der Waals surface area contributed by atoms with Crippen LogP contribution in [0.1, 0.15) is 44.4 Å². The molecule has 1 aromatic carbocycles. The Morgan fingerprint density at radius 2 is 1.91 bits per heavy atom. The van der Waals surface area contributed by atoms with E-state index in [0.29, 0.717) is 18.5 Å². The van der Waals surface area contributed by atoms with Gasteiger partial charge in [-0.15, -0.1) is 24.0 Å². The molecule has 1 fully saturated rings. The second-order valence-electron chi connectivity index (χ2n) is 8.88. The molecule has 0 spiro atoms. The van der Waals surface area contributed by atoms with E-state index in [9.17, 15) is 0 Å². The lowest BCUT2D eigenvalue weighted by molar-refractivity contribution is 0.321. The van der Waals surface area contributed by atoms with Crippen LogP contribution >= 0.6 is 24.0 Å². The molecule has 1 aliphatic heterocycles. The van der Waals surface area contributed by atoms with Gasteiger partial charge in [-0.2, -0.15) is 0 Å². The summed E-state index contributed by atoms with van der Waals surface area (Å²) in [5.41, 5.74) is 1.13. The smallest absolute Gasteiger partial charge is 0.213 e. The van der Waals surface area contributed by atoms with Crippen molar-refractivity contribution in [3.05, 3.63) is 41.6 Å². The van der Waals surface area contributed by atoms with Gasteiger partial charge in [-0.05, 0) is 24.1 Å². The van der Waals surface area contributed by atoms with Crippen molar-refractivity contribution in [2.45, 2.75) is 51.7 Å². The highest BCUT2D eigenvalue weighted by Crippen LogP contribution is 2.25. The molecule has 0 radical (unpaired) electrons. The minimum atomic E-state index is -0.0503. The first-order chi connectivity index (χ1) is 14.8. The monoisotopic (exact) mass is 557 g/mol. The number of hydrogen-bond donors (Lipinski definition) is 2. The van der Waals surface area contributed by atoms with Crippen LogP contribution in [0.4, 0.5) is 0 Å². The van der Waals surface area contributed by atoms with E-state index < -0.39 is 0 Å². The van der Waals surface area contributed by atoms with Crippen LogP contribution in [0.15, 0.2) is 33.8 Å². The van der Waals surface area contributed by atoms with Crippen molar-refractivity contribution in [3.63, 3.8) is 0 Å². The third kappa shape index (κ3) is 7.26. The second kappa shape index (κ2) is 11.7. The predicted octanol–water partition coefficient (Wildman–Crippen LogP) is 3.55. The van der Waals surface area contributed by atoms with Crippen molar-refractivity contribution in [2.24, 2.45) is 4.99 Å². The maximum atomic E-state index is 5.85. The largest absolute Gasteiger partial charge is 0.497 e. The Morgan fingerprint density at radius 1 is 1.22 bits per heavy atom. The Labute approximate surface area is 208 Å². The van der Waals surface area contributed by atoms with Crippen molar-refractivity contribution in [1.82, 2.24) is 20.5 Å². The molecule has 0 aliphatic carbocycles. The molecule has 3 rings (SSSR count). The van der Waals surface area contributed by atoms with E-state index in [2.05, 4.69) is 58.4 Å². The molecule has 1 unspecified atom stereocenters. The molecule has 2 N–H and O–H groups in total. The number of likely N-dealkylation sites (tertiary alicyclic amines) is 1. The average Bonchev–Trinajstić information content (AvgIpc) is 3.40. The molecule has 9 heteroatoms. The lowest BCUT2D eigenvalue weighted by atomic mass is 9.94. The first-order valence-corrected chi connectivity index (χ1v) is 10.7. The highest BCUT2D eigenvalue weighted by molar-refractivity contribution is 14.0. The topological polar surface area (TPSA) is 84.2 Å². The molecule has 0 saturated carbocycles. The summed E-state index contributed by atoms with van der Waals surface area (Å²) < 4.78 is 16.6. The fraction of sp³-hybridized carbons (Fsp3) is 0.565. The lowest BCUT2D eigenvalue weighted by Crippen LogP contribution is -2.44. The molecule has 2 aromatic rings. The van der Waals surface area contributed by atoms with Crippen molar-refractivity contribution in [1.29, 1.82) is 0 Å². The summed E-state index contributed by atoms with van der Waals surface area (Å²) in [4.78, 5) is 11.1. The van der Waals surface area contributed by atoms with Crippen LogP contribution in [0.5, 0.6) is 11.5 Å². The Morgan fingerprint density at radius 3 is 2.47 bits per heavy atom. The fourth-order valence-corrected chi connectivity index (χ4v) is 3.60. The predicted molar refractivity (Wildman–Crippen MR) is 137 cm³/mol. The summed E-state index contributed by atoms with van der Waals surface area (Å²) in [6.07, 6.45) is 2.85. The maximum Gasteiger partial charge on any atom is 0.213 e. The zero-order valence-electron chi connectivity index (χ0n) is 19.9. The van der Waals surface area contributed by atoms with E-state index >= 15 is 0 Å². The lowest BCUT2D eigenvalue weighted by Gasteiger charge is -2.19. The minimum absolute atomic E-state index is 0. The van der Waals surface area contributed by atoms with Gasteiger partial charge in [0.1, 0.15) is 17.3 Å². The van der Waals surface area contributed by atoms with E-state index in [1.54, 1.807) is 27.5 Å². The Bertz CT molecular complexity index is 872. The fourth-order valence-electron chi connectivity index (χ4n) is 3.60. The summed E-state index contributed by atoms with van der Waals surface area (Å²) in [6.45, 7) is 9.63. The van der Waals surface area contributed by atoms with E-state index in [4.69, 9.17) is 13.9 Å². The molecule has 2 heterocycles. The molecule has 8 nitrogen and oxygen atoms in total. The maximum absolute atomic E-state index is 5.85. The number of ether oxygens (including phenoxy) is 2. The molecule has 1 aliphatic rings. The van der Waals surface area contributed by atoms with Gasteiger partial charge in [-0.3, -0.25) is 9.89 Å².